The Kier molecular flexibility index (Phi) is 7.11. The van der Waals surface area contributed by atoms with Crippen LogP contribution in [0, 0.1) is 5.82 Å². The van der Waals surface area contributed by atoms with Gasteiger partial charge in [-0.05, 0) is 36.1 Å². The highest BCUT2D eigenvalue weighted by Crippen LogP contribution is 2.46. The molecule has 3 N–H and O–H groups in total. The van der Waals surface area contributed by atoms with Gasteiger partial charge in [-0.1, -0.05) is 79.6 Å². The maximum absolute atomic E-state index is 15.3. The van der Waals surface area contributed by atoms with Crippen LogP contribution in [0.1, 0.15) is 64.7 Å². The highest BCUT2D eigenvalue weighted by Gasteiger charge is 2.48. The van der Waals surface area contributed by atoms with Gasteiger partial charge >= 0.3 is 0 Å². The third kappa shape index (κ3) is 4.64. The normalized spacial score (nSPS) is 23.7. The summed E-state index contributed by atoms with van der Waals surface area (Å²) in [5.41, 5.74) is 11.3. The van der Waals surface area contributed by atoms with Crippen molar-refractivity contribution < 1.29 is 18.8 Å². The van der Waals surface area contributed by atoms with Crippen LogP contribution in [0.2, 0.25) is 0 Å². The number of hydroxylamine groups is 1. The van der Waals surface area contributed by atoms with E-state index in [1.165, 1.54) is 6.07 Å². The monoisotopic (exact) mass is 487 g/mol. The molecule has 0 saturated heterocycles. The Morgan fingerprint density at radius 2 is 1.61 bits per heavy atom. The van der Waals surface area contributed by atoms with Gasteiger partial charge in [-0.2, -0.15) is 0 Å². The highest BCUT2D eigenvalue weighted by atomic mass is 19.1. The minimum absolute atomic E-state index is 0.182. The Bertz CT molecular complexity index is 1240. The molecular formula is C29H30FN3O3. The van der Waals surface area contributed by atoms with Gasteiger partial charge in [-0.15, -0.1) is 0 Å². The van der Waals surface area contributed by atoms with Gasteiger partial charge in [0.2, 0.25) is 0 Å². The first-order valence-corrected chi connectivity index (χ1v) is 12.4. The van der Waals surface area contributed by atoms with Gasteiger partial charge in [-0.3, -0.25) is 14.4 Å². The molecule has 0 radical (unpaired) electrons. The molecule has 0 unspecified atom stereocenters. The number of carbonyl (C=O) groups excluding carboxylic acids is 2. The quantitative estimate of drug-likeness (QED) is 0.497. The Hall–Kier alpha value is -3.55. The van der Waals surface area contributed by atoms with Gasteiger partial charge in [0.15, 0.2) is 0 Å². The van der Waals surface area contributed by atoms with Crippen molar-refractivity contribution in [3.8, 4) is 0 Å². The number of amides is 2. The van der Waals surface area contributed by atoms with Crippen LogP contribution in [-0.4, -0.2) is 28.8 Å². The molecule has 7 heteroatoms. The molecule has 186 valence electrons. The zero-order valence-corrected chi connectivity index (χ0v) is 20.0. The second kappa shape index (κ2) is 10.6. The van der Waals surface area contributed by atoms with Crippen LogP contribution >= 0.6 is 0 Å². The van der Waals surface area contributed by atoms with Crippen LogP contribution in [-0.2, 0) is 16.2 Å². The zero-order valence-electron chi connectivity index (χ0n) is 20.0. The molecule has 1 fully saturated rings. The molecule has 0 aromatic heterocycles. The van der Waals surface area contributed by atoms with Crippen LogP contribution in [0.4, 0.5) is 4.39 Å². The number of nitrogens with zero attached hydrogens (tertiary/aromatic N) is 1. The molecule has 2 aliphatic rings. The van der Waals surface area contributed by atoms with Gasteiger partial charge in [-0.25, -0.2) is 9.87 Å². The van der Waals surface area contributed by atoms with E-state index in [9.17, 15) is 9.59 Å². The van der Waals surface area contributed by atoms with Crippen molar-refractivity contribution in [2.24, 2.45) is 5.73 Å². The fourth-order valence-electron chi connectivity index (χ4n) is 5.56. The average molecular weight is 488 g/mol. The summed E-state index contributed by atoms with van der Waals surface area (Å²) in [6, 6.07) is 21.5. The number of hydrogen-bond donors (Lipinski definition) is 2. The lowest BCUT2D eigenvalue weighted by molar-refractivity contribution is -0.138. The molecule has 1 heterocycles. The van der Waals surface area contributed by atoms with Gasteiger partial charge in [0, 0.05) is 23.2 Å². The second-order valence-electron chi connectivity index (χ2n) is 9.50. The molecule has 36 heavy (non-hydrogen) atoms. The van der Waals surface area contributed by atoms with Crippen molar-refractivity contribution in [1.29, 1.82) is 0 Å². The van der Waals surface area contributed by atoms with Crippen molar-refractivity contribution in [3.05, 3.63) is 107 Å². The van der Waals surface area contributed by atoms with Crippen LogP contribution < -0.4 is 11.2 Å². The van der Waals surface area contributed by atoms with E-state index in [1.54, 1.807) is 47.4 Å². The van der Waals surface area contributed by atoms with Crippen molar-refractivity contribution in [3.63, 3.8) is 0 Å². The largest absolute Gasteiger partial charge is 0.326 e. The molecule has 5 rings (SSSR count). The van der Waals surface area contributed by atoms with Gasteiger partial charge in [0.1, 0.15) is 5.82 Å². The number of halogens is 1. The minimum atomic E-state index is -0.874. The van der Waals surface area contributed by atoms with Gasteiger partial charge in [0.25, 0.3) is 11.8 Å². The molecule has 6 nitrogen and oxygen atoms in total. The SMILES string of the molecule is N[C@H]1CCCC[C@@H]1N1C(=O)c2ccccc2[C@@H](C(=O)NOCc2ccccc2)[C@@H]1c1ccccc1F. The molecular weight excluding hydrogens is 457 g/mol. The third-order valence-electron chi connectivity index (χ3n) is 7.28. The zero-order chi connectivity index (χ0) is 25.1. The number of nitrogens with one attached hydrogen (secondary N) is 1. The Labute approximate surface area is 210 Å². The molecule has 1 aliphatic carbocycles. The summed E-state index contributed by atoms with van der Waals surface area (Å²) < 4.78 is 15.3. The van der Waals surface area contributed by atoms with E-state index in [-0.39, 0.29) is 24.6 Å². The van der Waals surface area contributed by atoms with Crippen LogP contribution in [0.25, 0.3) is 0 Å². The average Bonchev–Trinajstić information content (AvgIpc) is 2.90. The maximum atomic E-state index is 15.3. The summed E-state index contributed by atoms with van der Waals surface area (Å²) in [6.07, 6.45) is 3.39. The summed E-state index contributed by atoms with van der Waals surface area (Å²) in [4.78, 5) is 34.9. The van der Waals surface area contributed by atoms with E-state index in [1.807, 2.05) is 30.3 Å². The van der Waals surface area contributed by atoms with Crippen LogP contribution in [0.15, 0.2) is 78.9 Å². The van der Waals surface area contributed by atoms with E-state index in [2.05, 4.69) is 5.48 Å². The predicted molar refractivity (Wildman–Crippen MR) is 134 cm³/mol. The summed E-state index contributed by atoms with van der Waals surface area (Å²) in [5, 5.41) is 0. The van der Waals surface area contributed by atoms with E-state index >= 15 is 4.39 Å². The van der Waals surface area contributed by atoms with Crippen molar-refractivity contribution in [2.75, 3.05) is 0 Å². The molecule has 1 aliphatic heterocycles. The molecule has 3 aromatic rings. The molecule has 1 saturated carbocycles. The summed E-state index contributed by atoms with van der Waals surface area (Å²) >= 11 is 0. The van der Waals surface area contributed by atoms with E-state index < -0.39 is 23.7 Å². The van der Waals surface area contributed by atoms with Crippen molar-refractivity contribution in [1.82, 2.24) is 10.4 Å². The first-order chi connectivity index (χ1) is 17.6. The first-order valence-electron chi connectivity index (χ1n) is 12.4. The van der Waals surface area contributed by atoms with E-state index in [0.29, 0.717) is 23.1 Å². The van der Waals surface area contributed by atoms with Gasteiger partial charge < -0.3 is 10.6 Å². The summed E-state index contributed by atoms with van der Waals surface area (Å²) in [6.45, 7) is 0.182. The molecule has 0 bridgehead atoms. The Morgan fingerprint density at radius 1 is 0.944 bits per heavy atom. The Balaban J connectivity index is 1.56. The van der Waals surface area contributed by atoms with Gasteiger partial charge in [0.05, 0.1) is 18.6 Å². The topological polar surface area (TPSA) is 84.7 Å². The van der Waals surface area contributed by atoms with Crippen LogP contribution in [0.5, 0.6) is 0 Å². The third-order valence-corrected chi connectivity index (χ3v) is 7.28. The number of fused-ring (bicyclic) bond motifs is 1. The molecule has 3 aromatic carbocycles. The summed E-state index contributed by atoms with van der Waals surface area (Å²) in [5.74, 6) is -2.00. The number of benzene rings is 3. The van der Waals surface area contributed by atoms with Crippen LogP contribution in [0.3, 0.4) is 0 Å². The van der Waals surface area contributed by atoms with E-state index in [4.69, 9.17) is 10.6 Å². The molecule has 4 atom stereocenters. The second-order valence-corrected chi connectivity index (χ2v) is 9.50. The Morgan fingerprint density at radius 3 is 2.36 bits per heavy atom. The highest BCUT2D eigenvalue weighted by molar-refractivity contribution is 6.01. The lowest BCUT2D eigenvalue weighted by Crippen LogP contribution is -2.57. The number of rotatable bonds is 6. The lowest BCUT2D eigenvalue weighted by Gasteiger charge is -2.48. The maximum Gasteiger partial charge on any atom is 0.255 e. The minimum Gasteiger partial charge on any atom is -0.326 e. The predicted octanol–water partition coefficient (Wildman–Crippen LogP) is 4.62. The number of nitrogens with two attached hydrogens (primary N) is 1. The summed E-state index contributed by atoms with van der Waals surface area (Å²) in [7, 11) is 0. The van der Waals surface area contributed by atoms with Crippen molar-refractivity contribution in [2.45, 2.75) is 56.3 Å². The van der Waals surface area contributed by atoms with Crippen molar-refractivity contribution >= 4 is 11.8 Å². The molecule has 0 spiro atoms. The fraction of sp³-hybridized carbons (Fsp3) is 0.310. The van der Waals surface area contributed by atoms with E-state index in [0.717, 1.165) is 24.8 Å². The smallest absolute Gasteiger partial charge is 0.255 e. The molecule has 2 amide bonds. The lowest BCUT2D eigenvalue weighted by atomic mass is 9.76. The first kappa shape index (κ1) is 24.2. The number of hydrogen-bond acceptors (Lipinski definition) is 4. The fourth-order valence-corrected chi connectivity index (χ4v) is 5.56. The standard InChI is InChI=1S/C29H30FN3O3/c30-23-15-7-6-14-22(23)27-26(28(34)32-36-18-19-10-2-1-3-11-19)20-12-4-5-13-21(20)29(35)33(27)25-17-9-8-16-24(25)31/h1-7,10-15,24-27H,8-9,16-18,31H2,(H,32,34)/t24-,25-,26+,27-/m0/s1. The number of carbonyl (C=O) groups is 2.